The molecule has 2 aromatic carbocycles. The molecule has 4 rings (SSSR count). The van der Waals surface area contributed by atoms with Crippen molar-refractivity contribution in [2.45, 2.75) is 11.8 Å². The molecule has 0 radical (unpaired) electrons. The van der Waals surface area contributed by atoms with Gasteiger partial charge >= 0.3 is 0 Å². The molecule has 0 atom stereocenters. The normalized spacial score (nSPS) is 14.9. The summed E-state index contributed by atoms with van der Waals surface area (Å²) in [5.41, 5.74) is 3.03. The zero-order chi connectivity index (χ0) is 21.5. The molecule has 1 aromatic heterocycles. The largest absolute Gasteiger partial charge is 0.367 e. The van der Waals surface area contributed by atoms with E-state index in [0.717, 1.165) is 16.8 Å². The molecule has 2 N–H and O–H groups in total. The second kappa shape index (κ2) is 7.54. The highest BCUT2D eigenvalue weighted by Gasteiger charge is 2.24. The van der Waals surface area contributed by atoms with Crippen LogP contribution in [0, 0.1) is 17.0 Å². The van der Waals surface area contributed by atoms with Crippen molar-refractivity contribution in [2.75, 3.05) is 36.0 Å². The van der Waals surface area contributed by atoms with E-state index in [-0.39, 0.29) is 10.6 Å². The number of hydrogen-bond acceptors (Lipinski definition) is 7. The molecule has 9 nitrogen and oxygen atoms in total. The van der Waals surface area contributed by atoms with Gasteiger partial charge in [0.1, 0.15) is 4.90 Å². The molecule has 0 saturated carbocycles. The number of nitrogens with two attached hydrogens (primary N) is 1. The third-order valence-corrected chi connectivity index (χ3v) is 6.20. The summed E-state index contributed by atoms with van der Waals surface area (Å²) in [5, 5.41) is 17.3. The third-order valence-electron chi connectivity index (χ3n) is 5.24. The number of nitro groups is 1. The zero-order valence-electron chi connectivity index (χ0n) is 16.4. The number of rotatable bonds is 4. The van der Waals surface area contributed by atoms with Gasteiger partial charge in [0, 0.05) is 55.1 Å². The van der Waals surface area contributed by atoms with Gasteiger partial charge in [-0.2, -0.15) is 0 Å². The summed E-state index contributed by atoms with van der Waals surface area (Å²) in [6, 6.07) is 13.3. The van der Waals surface area contributed by atoms with Crippen molar-refractivity contribution in [3.05, 3.63) is 64.3 Å². The predicted molar refractivity (Wildman–Crippen MR) is 115 cm³/mol. The molecule has 1 aliphatic rings. The molecule has 1 fully saturated rings. The number of nitro benzene ring substituents is 1. The van der Waals surface area contributed by atoms with Crippen molar-refractivity contribution in [1.29, 1.82) is 0 Å². The number of nitrogens with zero attached hydrogens (tertiary/aromatic N) is 4. The molecule has 0 bridgehead atoms. The predicted octanol–water partition coefficient (Wildman–Crippen LogP) is 2.43. The van der Waals surface area contributed by atoms with Gasteiger partial charge in [-0.15, -0.1) is 0 Å². The van der Waals surface area contributed by atoms with Crippen molar-refractivity contribution >= 4 is 38.0 Å². The van der Waals surface area contributed by atoms with E-state index in [4.69, 9.17) is 5.14 Å². The maximum Gasteiger partial charge on any atom is 0.270 e. The van der Waals surface area contributed by atoms with Crippen molar-refractivity contribution in [3.63, 3.8) is 0 Å². The molecule has 0 spiro atoms. The first-order valence-corrected chi connectivity index (χ1v) is 11.0. The first-order valence-electron chi connectivity index (χ1n) is 9.41. The summed E-state index contributed by atoms with van der Waals surface area (Å²) in [6.07, 6.45) is 0. The number of pyridine rings is 1. The van der Waals surface area contributed by atoms with E-state index in [9.17, 15) is 18.5 Å². The number of benzene rings is 2. The van der Waals surface area contributed by atoms with Gasteiger partial charge in [-0.25, -0.2) is 13.6 Å². The number of para-hydroxylation sites is 1. The Bertz CT molecular complexity index is 1240. The van der Waals surface area contributed by atoms with Crippen molar-refractivity contribution in [2.24, 2.45) is 5.14 Å². The average molecular weight is 427 g/mol. The van der Waals surface area contributed by atoms with Crippen LogP contribution < -0.4 is 14.9 Å². The molecule has 1 saturated heterocycles. The maximum atomic E-state index is 11.9. The summed E-state index contributed by atoms with van der Waals surface area (Å²) in [6.45, 7) is 4.32. The molecule has 0 aliphatic carbocycles. The van der Waals surface area contributed by atoms with Crippen LogP contribution in [-0.2, 0) is 10.0 Å². The van der Waals surface area contributed by atoms with Gasteiger partial charge in [0.15, 0.2) is 0 Å². The van der Waals surface area contributed by atoms with E-state index in [1.54, 1.807) is 30.3 Å². The maximum absolute atomic E-state index is 11.9. The fourth-order valence-corrected chi connectivity index (χ4v) is 4.60. The molecule has 30 heavy (non-hydrogen) atoms. The second-order valence-electron chi connectivity index (χ2n) is 7.23. The standard InChI is InChI=1S/C20H21N5O4S/c1-14-12-19(16-13-15(25(26)27)6-7-17(16)22-14)24-10-8-23(9-11-24)18-4-2-3-5-20(18)30(21,28)29/h2-7,12-13H,8-11H2,1H3,(H2,21,28,29). The smallest absolute Gasteiger partial charge is 0.270 e. The molecule has 1 aliphatic heterocycles. The van der Waals surface area contributed by atoms with Crippen LogP contribution in [0.1, 0.15) is 5.69 Å². The Kier molecular flexibility index (Phi) is 5.04. The first kappa shape index (κ1) is 20.0. The van der Waals surface area contributed by atoms with Gasteiger partial charge in [0.2, 0.25) is 10.0 Å². The van der Waals surface area contributed by atoms with E-state index in [1.807, 2.05) is 17.9 Å². The van der Waals surface area contributed by atoms with Gasteiger partial charge in [-0.05, 0) is 31.2 Å². The molecule has 0 amide bonds. The second-order valence-corrected chi connectivity index (χ2v) is 8.76. The van der Waals surface area contributed by atoms with Gasteiger partial charge in [0.25, 0.3) is 5.69 Å². The third kappa shape index (κ3) is 3.79. The van der Waals surface area contributed by atoms with Crippen LogP contribution in [0.15, 0.2) is 53.4 Å². The first-order chi connectivity index (χ1) is 14.2. The zero-order valence-corrected chi connectivity index (χ0v) is 17.2. The van der Waals surface area contributed by atoms with Gasteiger partial charge < -0.3 is 9.80 Å². The van der Waals surface area contributed by atoms with E-state index in [2.05, 4.69) is 9.88 Å². The van der Waals surface area contributed by atoms with Gasteiger partial charge in [-0.3, -0.25) is 15.1 Å². The Hall–Kier alpha value is -3.24. The number of primary sulfonamides is 1. The van der Waals surface area contributed by atoms with Crippen LogP contribution in [-0.4, -0.2) is 44.5 Å². The number of piperazine rings is 1. The van der Waals surface area contributed by atoms with Crippen LogP contribution in [0.3, 0.4) is 0 Å². The Morgan fingerprint density at radius 2 is 1.63 bits per heavy atom. The van der Waals surface area contributed by atoms with Gasteiger partial charge in [-0.1, -0.05) is 12.1 Å². The lowest BCUT2D eigenvalue weighted by molar-refractivity contribution is -0.384. The molecule has 156 valence electrons. The van der Waals surface area contributed by atoms with Crippen molar-refractivity contribution < 1.29 is 13.3 Å². The molecule has 0 unspecified atom stereocenters. The number of aromatic nitrogens is 1. The minimum Gasteiger partial charge on any atom is -0.367 e. The lowest BCUT2D eigenvalue weighted by atomic mass is 10.1. The highest BCUT2D eigenvalue weighted by Crippen LogP contribution is 2.32. The number of sulfonamides is 1. The van der Waals surface area contributed by atoms with Crippen LogP contribution in [0.5, 0.6) is 0 Å². The SMILES string of the molecule is Cc1cc(N2CCN(c3ccccc3S(N)(=O)=O)CC2)c2cc([N+](=O)[O-])ccc2n1. The topological polar surface area (TPSA) is 123 Å². The number of aryl methyl sites for hydroxylation is 1. The Balaban J connectivity index is 1.65. The van der Waals surface area contributed by atoms with Crippen LogP contribution in [0.2, 0.25) is 0 Å². The van der Waals surface area contributed by atoms with Crippen LogP contribution in [0.4, 0.5) is 17.1 Å². The molecule has 2 heterocycles. The highest BCUT2D eigenvalue weighted by molar-refractivity contribution is 7.89. The van der Waals surface area contributed by atoms with E-state index in [0.29, 0.717) is 37.4 Å². The number of non-ortho nitro benzene ring substituents is 1. The minimum atomic E-state index is -3.82. The highest BCUT2D eigenvalue weighted by atomic mass is 32.2. The summed E-state index contributed by atoms with van der Waals surface area (Å²) in [7, 11) is -3.82. The monoisotopic (exact) mass is 427 g/mol. The van der Waals surface area contributed by atoms with Crippen molar-refractivity contribution in [3.8, 4) is 0 Å². The number of fused-ring (bicyclic) bond motifs is 1. The van der Waals surface area contributed by atoms with Crippen LogP contribution >= 0.6 is 0 Å². The fraction of sp³-hybridized carbons (Fsp3) is 0.250. The summed E-state index contributed by atoms with van der Waals surface area (Å²) in [4.78, 5) is 19.6. The summed E-state index contributed by atoms with van der Waals surface area (Å²) >= 11 is 0. The number of hydrogen-bond donors (Lipinski definition) is 1. The van der Waals surface area contributed by atoms with E-state index in [1.165, 1.54) is 12.1 Å². The Morgan fingerprint density at radius 1 is 1.00 bits per heavy atom. The molecule has 3 aromatic rings. The fourth-order valence-electron chi connectivity index (χ4n) is 3.85. The average Bonchev–Trinajstić information content (AvgIpc) is 2.72. The summed E-state index contributed by atoms with van der Waals surface area (Å²) < 4.78 is 23.9. The van der Waals surface area contributed by atoms with E-state index >= 15 is 0 Å². The lowest BCUT2D eigenvalue weighted by Crippen LogP contribution is -2.47. The quantitative estimate of drug-likeness (QED) is 0.501. The molecule has 10 heteroatoms. The minimum absolute atomic E-state index is 0.0233. The van der Waals surface area contributed by atoms with Crippen LogP contribution in [0.25, 0.3) is 10.9 Å². The summed E-state index contributed by atoms with van der Waals surface area (Å²) in [5.74, 6) is 0. The van der Waals surface area contributed by atoms with Gasteiger partial charge in [0.05, 0.1) is 16.1 Å². The Labute approximate surface area is 173 Å². The Morgan fingerprint density at radius 3 is 2.27 bits per heavy atom. The molecular weight excluding hydrogens is 406 g/mol. The number of anilines is 2. The van der Waals surface area contributed by atoms with E-state index < -0.39 is 14.9 Å². The van der Waals surface area contributed by atoms with Crippen molar-refractivity contribution in [1.82, 2.24) is 4.98 Å². The molecular formula is C20H21N5O4S. The lowest BCUT2D eigenvalue weighted by Gasteiger charge is -2.38.